The molecule has 0 radical (unpaired) electrons. The van der Waals surface area contributed by atoms with Gasteiger partial charge in [0, 0.05) is 0 Å². The van der Waals surface area contributed by atoms with Crippen LogP contribution in [0.15, 0.2) is 0 Å². The van der Waals surface area contributed by atoms with Gasteiger partial charge in [0.1, 0.15) is 6.04 Å². The number of nitrogens with two attached hydrogens (primary N) is 2. The van der Waals surface area contributed by atoms with E-state index >= 15 is 0 Å². The van der Waals surface area contributed by atoms with Crippen LogP contribution in [0.1, 0.15) is 19.3 Å². The van der Waals surface area contributed by atoms with Gasteiger partial charge >= 0.3 is 57.5 Å². The molecule has 6 N–H and O–H groups in total. The topological polar surface area (TPSA) is 162 Å². The number of unbranched alkanes of at least 4 members (excludes halogenated alkanes) is 1. The Hall–Kier alpha value is 0.430. The summed E-state index contributed by atoms with van der Waals surface area (Å²) in [5, 5.41) is 0. The molecule has 1 atom stereocenters. The Morgan fingerprint density at radius 3 is 2.32 bits per heavy atom. The quantitative estimate of drug-likeness (QED) is 0.126. The van der Waals surface area contributed by atoms with Crippen LogP contribution in [0.3, 0.4) is 0 Å². The average molecular weight is 326 g/mol. The molecule has 0 aliphatic rings. The van der Waals surface area contributed by atoms with Gasteiger partial charge in [-0.05, 0) is 19.4 Å². The number of hydrogen-bond acceptors (Lipinski definition) is 7. The van der Waals surface area contributed by atoms with Crippen molar-refractivity contribution >= 4 is 57.5 Å². The number of phosphoric ester groups is 1. The van der Waals surface area contributed by atoms with Gasteiger partial charge in [-0.15, -0.1) is 0 Å². The Labute approximate surface area is 140 Å². The predicted octanol–water partition coefficient (Wildman–Crippen LogP) is -2.29. The molecule has 19 heavy (non-hydrogen) atoms. The van der Waals surface area contributed by atoms with Crippen LogP contribution < -0.4 is 11.5 Å². The van der Waals surface area contributed by atoms with Crippen LogP contribution in [0.5, 0.6) is 0 Å². The number of carbonyl (C=O) groups excluding carboxylic acids is 2. The zero-order chi connectivity index (χ0) is 14.2. The van der Waals surface area contributed by atoms with Gasteiger partial charge in [-0.25, -0.2) is 14.2 Å². The molecule has 11 heteroatoms. The number of hydrogen-bond donors (Lipinski definition) is 4. The molecular formula is C8H19CaN2O7P. The molecule has 0 fully saturated rings. The van der Waals surface area contributed by atoms with E-state index in [0.29, 0.717) is 25.8 Å². The van der Waals surface area contributed by atoms with Gasteiger partial charge in [0.2, 0.25) is 0 Å². The number of esters is 2. The molecule has 0 aromatic rings. The molecule has 0 unspecified atom stereocenters. The maximum atomic E-state index is 11.2. The molecule has 0 rings (SSSR count). The summed E-state index contributed by atoms with van der Waals surface area (Å²) < 4.78 is 18.4. The molecule has 110 valence electrons. The van der Waals surface area contributed by atoms with Crippen molar-refractivity contribution in [2.45, 2.75) is 25.3 Å². The number of rotatable bonds is 8. The third-order valence-corrected chi connectivity index (χ3v) is 2.30. The van der Waals surface area contributed by atoms with E-state index in [0.717, 1.165) is 0 Å². The van der Waals surface area contributed by atoms with Crippen LogP contribution in [0.25, 0.3) is 0 Å². The van der Waals surface area contributed by atoms with Crippen LogP contribution >= 0.6 is 7.82 Å². The standard InChI is InChI=1S/C8H17N2O7P.Ca.2H/c9-4-2-1-3-6(10)8(12)17-7(11)5-16-18(13,14)15;;;/h6H,1-5,9-10H2,(H2,13,14,15);;;/t6-;;;/m0.../s1. The van der Waals surface area contributed by atoms with Gasteiger partial charge in [-0.3, -0.25) is 4.52 Å². The van der Waals surface area contributed by atoms with Crippen LogP contribution in [0.2, 0.25) is 0 Å². The number of phosphoric acid groups is 1. The summed E-state index contributed by atoms with van der Waals surface area (Å²) >= 11 is 0. The summed E-state index contributed by atoms with van der Waals surface area (Å²) in [4.78, 5) is 38.8. The van der Waals surface area contributed by atoms with Crippen molar-refractivity contribution in [1.82, 2.24) is 0 Å². The fourth-order valence-electron chi connectivity index (χ4n) is 0.981. The van der Waals surface area contributed by atoms with Gasteiger partial charge in [0.05, 0.1) is 0 Å². The number of ether oxygens (including phenoxy) is 1. The van der Waals surface area contributed by atoms with Crippen LogP contribution in [0, 0.1) is 0 Å². The summed E-state index contributed by atoms with van der Waals surface area (Å²) in [5.74, 6) is -2.18. The van der Waals surface area contributed by atoms with Gasteiger partial charge < -0.3 is 26.0 Å². The Bertz CT molecular complexity index is 335. The Morgan fingerprint density at radius 2 is 1.84 bits per heavy atom. The normalized spacial score (nSPS) is 12.4. The van der Waals surface area contributed by atoms with Crippen molar-refractivity contribution in [1.29, 1.82) is 0 Å². The average Bonchev–Trinajstić information content (AvgIpc) is 2.25. The van der Waals surface area contributed by atoms with Crippen molar-refractivity contribution in [3.05, 3.63) is 0 Å². The fraction of sp³-hybridized carbons (Fsp3) is 0.750. The maximum absolute atomic E-state index is 11.2. The van der Waals surface area contributed by atoms with E-state index in [9.17, 15) is 14.2 Å². The molecule has 9 nitrogen and oxygen atoms in total. The first-order valence-electron chi connectivity index (χ1n) is 5.16. The second-order valence-corrected chi connectivity index (χ2v) is 4.69. The molecule has 0 aliphatic carbocycles. The van der Waals surface area contributed by atoms with Crippen LogP contribution in [-0.4, -0.2) is 78.7 Å². The predicted molar refractivity (Wildman–Crippen MR) is 68.5 cm³/mol. The minimum atomic E-state index is -4.77. The minimum absolute atomic E-state index is 0. The van der Waals surface area contributed by atoms with Crippen molar-refractivity contribution in [3.8, 4) is 0 Å². The Morgan fingerprint density at radius 1 is 1.26 bits per heavy atom. The summed E-state index contributed by atoms with van der Waals surface area (Å²) in [5.41, 5.74) is 10.7. The Balaban J connectivity index is 0. The molecular weight excluding hydrogens is 307 g/mol. The molecule has 0 saturated heterocycles. The molecule has 0 heterocycles. The number of carbonyl (C=O) groups is 2. The SMILES string of the molecule is NCCCC[C@H](N)C(=O)OC(=O)COP(=O)(O)O.[CaH2]. The molecule has 0 aromatic heterocycles. The first-order chi connectivity index (χ1) is 8.26. The Kier molecular flexibility index (Phi) is 12.7. The summed E-state index contributed by atoms with van der Waals surface area (Å²) in [6.45, 7) is -0.553. The second-order valence-electron chi connectivity index (χ2n) is 3.45. The van der Waals surface area contributed by atoms with E-state index in [1.54, 1.807) is 0 Å². The molecule has 0 amide bonds. The van der Waals surface area contributed by atoms with E-state index in [1.807, 2.05) is 0 Å². The van der Waals surface area contributed by atoms with Gasteiger partial charge in [-0.1, -0.05) is 6.42 Å². The fourth-order valence-corrected chi connectivity index (χ4v) is 1.25. The zero-order valence-corrected chi connectivity index (χ0v) is 10.5. The van der Waals surface area contributed by atoms with Gasteiger partial charge in [0.25, 0.3) is 0 Å². The van der Waals surface area contributed by atoms with Crippen LogP contribution in [-0.2, 0) is 23.4 Å². The van der Waals surface area contributed by atoms with Crippen molar-refractivity contribution < 1.29 is 33.2 Å². The van der Waals surface area contributed by atoms with E-state index in [4.69, 9.17) is 21.3 Å². The van der Waals surface area contributed by atoms with Crippen molar-refractivity contribution in [3.63, 3.8) is 0 Å². The third kappa shape index (κ3) is 13.2. The molecule has 0 aliphatic heterocycles. The van der Waals surface area contributed by atoms with E-state index in [2.05, 4.69) is 9.26 Å². The van der Waals surface area contributed by atoms with E-state index in [1.165, 1.54) is 0 Å². The monoisotopic (exact) mass is 326 g/mol. The first kappa shape index (κ1) is 21.7. The zero-order valence-electron chi connectivity index (χ0n) is 9.65. The first-order valence-corrected chi connectivity index (χ1v) is 6.69. The van der Waals surface area contributed by atoms with Crippen LogP contribution in [0.4, 0.5) is 0 Å². The van der Waals surface area contributed by atoms with Gasteiger partial charge in [0.15, 0.2) is 6.61 Å². The third-order valence-electron chi connectivity index (χ3n) is 1.84. The van der Waals surface area contributed by atoms with E-state index in [-0.39, 0.29) is 37.7 Å². The summed E-state index contributed by atoms with van der Waals surface area (Å²) in [7, 11) is -4.77. The molecule has 0 bridgehead atoms. The van der Waals surface area contributed by atoms with E-state index < -0.39 is 32.4 Å². The molecule has 0 saturated carbocycles. The summed E-state index contributed by atoms with van der Waals surface area (Å²) in [6.07, 6.45) is 1.61. The van der Waals surface area contributed by atoms with Crippen molar-refractivity contribution in [2.24, 2.45) is 11.5 Å². The van der Waals surface area contributed by atoms with Crippen molar-refractivity contribution in [2.75, 3.05) is 13.2 Å². The molecule has 0 spiro atoms. The second kappa shape index (κ2) is 11.1. The summed E-state index contributed by atoms with van der Waals surface area (Å²) in [6, 6.07) is -0.976. The molecule has 0 aromatic carbocycles. The van der Waals surface area contributed by atoms with Gasteiger partial charge in [-0.2, -0.15) is 0 Å².